The van der Waals surface area contributed by atoms with Crippen LogP contribution in [0.2, 0.25) is 5.02 Å². The second kappa shape index (κ2) is 7.19. The largest absolute Gasteiger partial charge is 0.493 e. The molecule has 4 heteroatoms. The summed E-state index contributed by atoms with van der Waals surface area (Å²) in [4.78, 5) is 0.207. The molecule has 0 aliphatic heterocycles. The van der Waals surface area contributed by atoms with E-state index in [1.54, 1.807) is 14.2 Å². The monoisotopic (exact) mass is 368 g/mol. The fourth-order valence-corrected chi connectivity index (χ4v) is 3.26. The molecule has 112 valence electrons. The fraction of sp³-hybridized carbons (Fsp3) is 0.294. The van der Waals surface area contributed by atoms with Gasteiger partial charge in [-0.15, -0.1) is 0 Å². The van der Waals surface area contributed by atoms with Crippen LogP contribution in [0.4, 0.5) is 0 Å². The van der Waals surface area contributed by atoms with Crippen molar-refractivity contribution in [2.24, 2.45) is 0 Å². The van der Waals surface area contributed by atoms with Crippen LogP contribution in [0.5, 0.6) is 11.5 Å². The Morgan fingerprint density at radius 3 is 2.19 bits per heavy atom. The van der Waals surface area contributed by atoms with Gasteiger partial charge in [-0.2, -0.15) is 0 Å². The van der Waals surface area contributed by atoms with E-state index in [0.717, 1.165) is 22.9 Å². The predicted octanol–water partition coefficient (Wildman–Crippen LogP) is 5.34. The second-order valence-corrected chi connectivity index (χ2v) is 6.40. The maximum atomic E-state index is 5.92. The van der Waals surface area contributed by atoms with Crippen LogP contribution < -0.4 is 9.47 Å². The lowest BCUT2D eigenvalue weighted by Gasteiger charge is -2.17. The summed E-state index contributed by atoms with van der Waals surface area (Å²) >= 11 is 9.69. The Morgan fingerprint density at radius 2 is 1.62 bits per heavy atom. The van der Waals surface area contributed by atoms with Gasteiger partial charge in [0.1, 0.15) is 0 Å². The van der Waals surface area contributed by atoms with Gasteiger partial charge in [0, 0.05) is 9.85 Å². The van der Waals surface area contributed by atoms with Crippen LogP contribution in [-0.2, 0) is 6.42 Å². The zero-order valence-corrected chi connectivity index (χ0v) is 14.7. The number of methoxy groups -OCH3 is 2. The molecule has 0 aliphatic carbocycles. The minimum absolute atomic E-state index is 0.207. The van der Waals surface area contributed by atoms with Gasteiger partial charge in [0.25, 0.3) is 0 Å². The van der Waals surface area contributed by atoms with E-state index in [1.807, 2.05) is 36.4 Å². The van der Waals surface area contributed by atoms with Crippen molar-refractivity contribution in [3.05, 3.63) is 58.1 Å². The molecular weight excluding hydrogens is 352 g/mol. The average molecular weight is 370 g/mol. The molecule has 2 rings (SSSR count). The maximum Gasteiger partial charge on any atom is 0.161 e. The molecule has 0 N–H and O–H groups in total. The fourth-order valence-electron chi connectivity index (χ4n) is 2.27. The quantitative estimate of drug-likeness (QED) is 0.662. The molecule has 0 fully saturated rings. The third-order valence-corrected chi connectivity index (χ3v) is 4.51. The lowest BCUT2D eigenvalue weighted by atomic mass is 9.99. The van der Waals surface area contributed by atoms with Crippen molar-refractivity contribution in [3.8, 4) is 11.5 Å². The number of rotatable bonds is 5. The Morgan fingerprint density at radius 1 is 1.05 bits per heavy atom. The Hall–Kier alpha value is -1.19. The minimum atomic E-state index is 0.207. The zero-order chi connectivity index (χ0) is 15.4. The Kier molecular flexibility index (Phi) is 5.54. The van der Waals surface area contributed by atoms with Crippen molar-refractivity contribution < 1.29 is 9.47 Å². The van der Waals surface area contributed by atoms with E-state index in [2.05, 4.69) is 22.9 Å². The average Bonchev–Trinajstić information content (AvgIpc) is 2.49. The van der Waals surface area contributed by atoms with Gasteiger partial charge in [-0.1, -0.05) is 39.7 Å². The summed E-state index contributed by atoms with van der Waals surface area (Å²) in [6.45, 7) is 2.08. The Bertz CT molecular complexity index is 611. The van der Waals surface area contributed by atoms with Crippen LogP contribution in [0, 0.1) is 6.92 Å². The van der Waals surface area contributed by atoms with Crippen molar-refractivity contribution in [1.29, 1.82) is 0 Å². The molecule has 0 saturated carbocycles. The van der Waals surface area contributed by atoms with E-state index in [4.69, 9.17) is 21.1 Å². The highest BCUT2D eigenvalue weighted by Crippen LogP contribution is 2.37. The molecule has 21 heavy (non-hydrogen) atoms. The van der Waals surface area contributed by atoms with Gasteiger partial charge in [-0.25, -0.2) is 0 Å². The summed E-state index contributed by atoms with van der Waals surface area (Å²) in [5, 5.41) is 0.757. The number of aryl methyl sites for hydroxylation is 1. The molecule has 0 spiro atoms. The van der Waals surface area contributed by atoms with Gasteiger partial charge in [0.2, 0.25) is 0 Å². The summed E-state index contributed by atoms with van der Waals surface area (Å²) in [5.74, 6) is 1.50. The predicted molar refractivity (Wildman–Crippen MR) is 91.1 cm³/mol. The molecule has 0 aliphatic rings. The van der Waals surface area contributed by atoms with E-state index in [0.29, 0.717) is 0 Å². The van der Waals surface area contributed by atoms with Crippen LogP contribution in [0.25, 0.3) is 0 Å². The zero-order valence-electron chi connectivity index (χ0n) is 12.3. The summed E-state index contributed by atoms with van der Waals surface area (Å²) in [7, 11) is 3.30. The molecule has 0 heterocycles. The van der Waals surface area contributed by atoms with Gasteiger partial charge in [0.05, 0.1) is 14.2 Å². The SMILES string of the molecule is COc1cc(C)c(C(Br)Cc2ccc(Cl)cc2)cc1OC. The maximum absolute atomic E-state index is 5.92. The smallest absolute Gasteiger partial charge is 0.161 e. The lowest BCUT2D eigenvalue weighted by molar-refractivity contribution is 0.354. The third kappa shape index (κ3) is 3.92. The van der Waals surface area contributed by atoms with Crippen LogP contribution in [0.1, 0.15) is 21.5 Å². The normalized spacial score (nSPS) is 12.0. The van der Waals surface area contributed by atoms with Gasteiger partial charge in [0.15, 0.2) is 11.5 Å². The molecule has 2 aromatic carbocycles. The molecule has 0 amide bonds. The van der Waals surface area contributed by atoms with Crippen molar-refractivity contribution in [1.82, 2.24) is 0 Å². The highest BCUT2D eigenvalue weighted by atomic mass is 79.9. The first-order valence-corrected chi connectivity index (χ1v) is 7.95. The molecular formula is C17H18BrClO2. The molecule has 2 nitrogen and oxygen atoms in total. The molecule has 1 atom stereocenters. The van der Waals surface area contributed by atoms with Crippen LogP contribution >= 0.6 is 27.5 Å². The number of hydrogen-bond acceptors (Lipinski definition) is 2. The molecule has 0 aromatic heterocycles. The second-order valence-electron chi connectivity index (χ2n) is 4.86. The molecule has 2 aromatic rings. The highest BCUT2D eigenvalue weighted by Gasteiger charge is 2.15. The number of alkyl halides is 1. The van der Waals surface area contributed by atoms with E-state index < -0.39 is 0 Å². The van der Waals surface area contributed by atoms with Gasteiger partial charge >= 0.3 is 0 Å². The topological polar surface area (TPSA) is 18.5 Å². The van der Waals surface area contributed by atoms with E-state index in [1.165, 1.54) is 16.7 Å². The summed E-state index contributed by atoms with van der Waals surface area (Å²) in [5.41, 5.74) is 3.60. The summed E-state index contributed by atoms with van der Waals surface area (Å²) in [6.07, 6.45) is 0.882. The Labute approximate surface area is 139 Å². The first-order valence-electron chi connectivity index (χ1n) is 6.66. The first kappa shape index (κ1) is 16.2. The van der Waals surface area contributed by atoms with Crippen LogP contribution in [0.15, 0.2) is 36.4 Å². The van der Waals surface area contributed by atoms with Crippen molar-refractivity contribution >= 4 is 27.5 Å². The number of hydrogen-bond donors (Lipinski definition) is 0. The van der Waals surface area contributed by atoms with Gasteiger partial charge in [-0.3, -0.25) is 0 Å². The van der Waals surface area contributed by atoms with Crippen molar-refractivity contribution in [2.75, 3.05) is 14.2 Å². The molecule has 1 unspecified atom stereocenters. The van der Waals surface area contributed by atoms with Gasteiger partial charge < -0.3 is 9.47 Å². The van der Waals surface area contributed by atoms with E-state index in [9.17, 15) is 0 Å². The summed E-state index contributed by atoms with van der Waals surface area (Å²) in [6, 6.07) is 12.0. The molecule has 0 saturated heterocycles. The summed E-state index contributed by atoms with van der Waals surface area (Å²) < 4.78 is 10.7. The lowest BCUT2D eigenvalue weighted by Crippen LogP contribution is -2.00. The van der Waals surface area contributed by atoms with Gasteiger partial charge in [-0.05, 0) is 54.3 Å². The molecule has 0 bridgehead atoms. The first-order chi connectivity index (χ1) is 10.0. The minimum Gasteiger partial charge on any atom is -0.493 e. The van der Waals surface area contributed by atoms with Crippen molar-refractivity contribution in [2.45, 2.75) is 18.2 Å². The molecule has 0 radical (unpaired) electrons. The van der Waals surface area contributed by atoms with E-state index in [-0.39, 0.29) is 4.83 Å². The third-order valence-electron chi connectivity index (χ3n) is 3.44. The number of benzene rings is 2. The highest BCUT2D eigenvalue weighted by molar-refractivity contribution is 9.09. The van der Waals surface area contributed by atoms with Crippen LogP contribution in [-0.4, -0.2) is 14.2 Å². The van der Waals surface area contributed by atoms with Crippen LogP contribution in [0.3, 0.4) is 0 Å². The standard InChI is InChI=1S/C17H18BrClO2/c1-11-8-16(20-2)17(21-3)10-14(11)15(18)9-12-4-6-13(19)7-5-12/h4-8,10,15H,9H2,1-3H3. The van der Waals surface area contributed by atoms with E-state index >= 15 is 0 Å². The number of halogens is 2. The Balaban J connectivity index is 2.26. The van der Waals surface area contributed by atoms with Crippen molar-refractivity contribution in [3.63, 3.8) is 0 Å². The number of ether oxygens (including phenoxy) is 2.